The molecular formula is C13H12N6O3. The Morgan fingerprint density at radius 2 is 2.05 bits per heavy atom. The number of aromatic nitrogens is 4. The molecule has 0 atom stereocenters. The fourth-order valence-corrected chi connectivity index (χ4v) is 1.71. The molecule has 3 aromatic rings. The molecule has 2 N–H and O–H groups in total. The van der Waals surface area contributed by atoms with Crippen LogP contribution in [0.25, 0.3) is 11.2 Å². The number of hydrogen-bond donors (Lipinski definition) is 2. The van der Waals surface area contributed by atoms with E-state index < -0.39 is 0 Å². The monoisotopic (exact) mass is 300 g/mol. The zero-order chi connectivity index (χ0) is 15.2. The summed E-state index contributed by atoms with van der Waals surface area (Å²) in [6, 6.07) is 9.58. The van der Waals surface area contributed by atoms with E-state index in [-0.39, 0.29) is 18.3 Å². The topological polar surface area (TPSA) is 115 Å². The Labute approximate surface area is 124 Å². The van der Waals surface area contributed by atoms with Gasteiger partial charge in [-0.25, -0.2) is 20.1 Å². The van der Waals surface area contributed by atoms with E-state index in [4.69, 9.17) is 4.84 Å². The number of hydrogen-bond acceptors (Lipinski definition) is 8. The molecule has 0 aliphatic carbocycles. The molecule has 0 spiro atoms. The van der Waals surface area contributed by atoms with Gasteiger partial charge in [-0.05, 0) is 15.9 Å². The predicted octanol–water partition coefficient (Wildman–Crippen LogP) is 0.673. The van der Waals surface area contributed by atoms with E-state index in [1.165, 1.54) is 6.33 Å². The quantitative estimate of drug-likeness (QED) is 0.638. The summed E-state index contributed by atoms with van der Waals surface area (Å²) in [4.78, 5) is 24.5. The van der Waals surface area contributed by atoms with E-state index >= 15 is 0 Å². The SMILES string of the molecule is O=C(CONc1ncnc2nonc12)NCc1ccccc1. The number of benzene rings is 1. The lowest BCUT2D eigenvalue weighted by Crippen LogP contribution is -2.28. The molecule has 22 heavy (non-hydrogen) atoms. The Morgan fingerprint density at radius 3 is 2.91 bits per heavy atom. The average Bonchev–Trinajstić information content (AvgIpc) is 3.03. The number of nitrogens with zero attached hydrogens (tertiary/aromatic N) is 4. The van der Waals surface area contributed by atoms with Crippen molar-refractivity contribution in [2.75, 3.05) is 12.1 Å². The first-order valence-electron chi connectivity index (χ1n) is 6.44. The summed E-state index contributed by atoms with van der Waals surface area (Å²) in [5.41, 5.74) is 4.16. The van der Waals surface area contributed by atoms with Crippen molar-refractivity contribution in [2.24, 2.45) is 0 Å². The Bertz CT molecular complexity index is 761. The zero-order valence-corrected chi connectivity index (χ0v) is 11.4. The van der Waals surface area contributed by atoms with Gasteiger partial charge in [-0.3, -0.25) is 9.63 Å². The van der Waals surface area contributed by atoms with Gasteiger partial charge in [0, 0.05) is 6.54 Å². The molecule has 9 nitrogen and oxygen atoms in total. The average molecular weight is 300 g/mol. The number of nitrogens with one attached hydrogen (secondary N) is 2. The molecule has 9 heteroatoms. The first kappa shape index (κ1) is 13.9. The van der Waals surface area contributed by atoms with Crippen LogP contribution in [0.4, 0.5) is 5.82 Å². The third kappa shape index (κ3) is 3.33. The second-order valence-corrected chi connectivity index (χ2v) is 4.31. The van der Waals surface area contributed by atoms with E-state index in [1.54, 1.807) is 0 Å². The van der Waals surface area contributed by atoms with Crippen LogP contribution in [0.5, 0.6) is 0 Å². The van der Waals surface area contributed by atoms with Crippen LogP contribution in [0.1, 0.15) is 5.56 Å². The Kier molecular flexibility index (Phi) is 4.16. The van der Waals surface area contributed by atoms with E-state index in [1.807, 2.05) is 30.3 Å². The maximum absolute atomic E-state index is 11.7. The summed E-state index contributed by atoms with van der Waals surface area (Å²) in [5, 5.41) is 9.95. The summed E-state index contributed by atoms with van der Waals surface area (Å²) in [6.45, 7) is 0.262. The van der Waals surface area contributed by atoms with Crippen molar-refractivity contribution >= 4 is 22.9 Å². The van der Waals surface area contributed by atoms with Crippen molar-refractivity contribution in [3.8, 4) is 0 Å². The smallest absolute Gasteiger partial charge is 0.249 e. The third-order valence-corrected chi connectivity index (χ3v) is 2.77. The fraction of sp³-hybridized carbons (Fsp3) is 0.154. The molecule has 0 aliphatic rings. The second kappa shape index (κ2) is 6.59. The van der Waals surface area contributed by atoms with Crippen molar-refractivity contribution in [2.45, 2.75) is 6.54 Å². The number of carbonyl (C=O) groups is 1. The van der Waals surface area contributed by atoms with E-state index in [0.29, 0.717) is 17.7 Å². The van der Waals surface area contributed by atoms with Gasteiger partial charge in [-0.2, -0.15) is 0 Å². The molecule has 0 unspecified atom stereocenters. The molecule has 0 fully saturated rings. The maximum atomic E-state index is 11.7. The Morgan fingerprint density at radius 1 is 1.18 bits per heavy atom. The molecule has 1 amide bonds. The normalized spacial score (nSPS) is 10.5. The minimum atomic E-state index is -0.264. The van der Waals surface area contributed by atoms with Gasteiger partial charge in [0.05, 0.1) is 0 Å². The van der Waals surface area contributed by atoms with Crippen LogP contribution in [0.15, 0.2) is 41.3 Å². The summed E-state index contributed by atoms with van der Waals surface area (Å²) < 4.78 is 4.54. The zero-order valence-electron chi connectivity index (χ0n) is 11.4. The number of anilines is 1. The molecule has 0 aliphatic heterocycles. The molecule has 112 valence electrons. The molecule has 2 heterocycles. The third-order valence-electron chi connectivity index (χ3n) is 2.77. The van der Waals surface area contributed by atoms with Gasteiger partial charge in [0.25, 0.3) is 0 Å². The summed E-state index contributed by atoms with van der Waals surface area (Å²) in [5.74, 6) is 0.0158. The van der Waals surface area contributed by atoms with Crippen LogP contribution >= 0.6 is 0 Å². The highest BCUT2D eigenvalue weighted by Crippen LogP contribution is 2.13. The molecule has 0 bridgehead atoms. The van der Waals surface area contributed by atoms with Gasteiger partial charge in [-0.15, -0.1) is 0 Å². The molecule has 2 aromatic heterocycles. The molecule has 0 saturated carbocycles. The first-order valence-corrected chi connectivity index (χ1v) is 6.44. The van der Waals surface area contributed by atoms with Crippen LogP contribution in [-0.4, -0.2) is 32.8 Å². The van der Waals surface area contributed by atoms with Crippen LogP contribution in [-0.2, 0) is 16.2 Å². The van der Waals surface area contributed by atoms with Crippen molar-refractivity contribution in [1.82, 2.24) is 25.6 Å². The fourth-order valence-electron chi connectivity index (χ4n) is 1.71. The van der Waals surface area contributed by atoms with Gasteiger partial charge in [0.15, 0.2) is 17.9 Å². The van der Waals surface area contributed by atoms with Crippen LogP contribution in [0, 0.1) is 0 Å². The molecule has 3 rings (SSSR count). The Balaban J connectivity index is 1.46. The van der Waals surface area contributed by atoms with Crippen molar-refractivity contribution in [3.63, 3.8) is 0 Å². The highest BCUT2D eigenvalue weighted by atomic mass is 16.6. The molecule has 1 aromatic carbocycles. The lowest BCUT2D eigenvalue weighted by atomic mass is 10.2. The number of amides is 1. The summed E-state index contributed by atoms with van der Waals surface area (Å²) in [7, 11) is 0. The van der Waals surface area contributed by atoms with E-state index in [9.17, 15) is 4.79 Å². The lowest BCUT2D eigenvalue weighted by molar-refractivity contribution is -0.124. The number of carbonyl (C=O) groups excluding carboxylic acids is 1. The van der Waals surface area contributed by atoms with Crippen molar-refractivity contribution in [3.05, 3.63) is 42.2 Å². The molecule has 0 radical (unpaired) electrons. The largest absolute Gasteiger partial charge is 0.350 e. The van der Waals surface area contributed by atoms with Crippen molar-refractivity contribution in [1.29, 1.82) is 0 Å². The predicted molar refractivity (Wildman–Crippen MR) is 75.3 cm³/mol. The Hall–Kier alpha value is -3.07. The lowest BCUT2D eigenvalue weighted by Gasteiger charge is -2.07. The van der Waals surface area contributed by atoms with Crippen LogP contribution in [0.2, 0.25) is 0 Å². The number of rotatable bonds is 6. The summed E-state index contributed by atoms with van der Waals surface area (Å²) >= 11 is 0. The molecular weight excluding hydrogens is 288 g/mol. The van der Waals surface area contributed by atoms with Gasteiger partial charge < -0.3 is 5.32 Å². The van der Waals surface area contributed by atoms with Crippen molar-refractivity contribution < 1.29 is 14.3 Å². The van der Waals surface area contributed by atoms with E-state index in [0.717, 1.165) is 5.56 Å². The van der Waals surface area contributed by atoms with Crippen LogP contribution < -0.4 is 10.8 Å². The standard InChI is InChI=1S/C13H12N6O3/c20-10(14-6-9-4-2-1-3-5-9)7-21-18-12-11-13(16-8-15-12)19-22-17-11/h1-5,8H,6-7H2,(H,14,20)(H,15,16,18,19). The minimum absolute atomic E-state index is 0.177. The molecule has 0 saturated heterocycles. The summed E-state index contributed by atoms with van der Waals surface area (Å²) in [6.07, 6.45) is 1.29. The maximum Gasteiger partial charge on any atom is 0.249 e. The first-order chi connectivity index (χ1) is 10.8. The van der Waals surface area contributed by atoms with E-state index in [2.05, 4.69) is 35.7 Å². The number of fused-ring (bicyclic) bond motifs is 1. The second-order valence-electron chi connectivity index (χ2n) is 4.31. The highest BCUT2D eigenvalue weighted by Gasteiger charge is 2.09. The van der Waals surface area contributed by atoms with Gasteiger partial charge >= 0.3 is 0 Å². The van der Waals surface area contributed by atoms with Gasteiger partial charge in [0.1, 0.15) is 6.33 Å². The van der Waals surface area contributed by atoms with Gasteiger partial charge in [-0.1, -0.05) is 30.3 Å². The van der Waals surface area contributed by atoms with Gasteiger partial charge in [0.2, 0.25) is 11.6 Å². The van der Waals surface area contributed by atoms with Crippen LogP contribution in [0.3, 0.4) is 0 Å². The highest BCUT2D eigenvalue weighted by molar-refractivity contribution is 5.80. The minimum Gasteiger partial charge on any atom is -0.350 e.